The van der Waals surface area contributed by atoms with Crippen molar-refractivity contribution in [2.75, 3.05) is 0 Å². The molecule has 0 aliphatic carbocycles. The van der Waals surface area contributed by atoms with E-state index in [9.17, 15) is 0 Å². The van der Waals surface area contributed by atoms with E-state index in [2.05, 4.69) is 11.5 Å². The molecule has 0 aromatic rings. The minimum Gasteiger partial charge on any atom is -0.362 e. The second kappa shape index (κ2) is 12.0. The summed E-state index contributed by atoms with van der Waals surface area (Å²) in [6, 6.07) is 0. The second-order valence-electron chi connectivity index (χ2n) is 0.141. The van der Waals surface area contributed by atoms with Gasteiger partial charge in [0.2, 0.25) is 6.72 Å². The predicted molar refractivity (Wildman–Crippen MR) is 10.7 cm³/mol. The quantitative estimate of drug-likeness (QED) is 0.180. The molecule has 0 aromatic heterocycles. The van der Waals surface area contributed by atoms with Crippen molar-refractivity contribution in [3.63, 3.8) is 0 Å². The Morgan fingerprint density at radius 3 is 1.75 bits per heavy atom. The molecule has 0 rings (SSSR count). The van der Waals surface area contributed by atoms with Crippen LogP contribution in [0.1, 0.15) is 0 Å². The molecule has 3 heteroatoms. The van der Waals surface area contributed by atoms with E-state index in [0.717, 1.165) is 0 Å². The fraction of sp³-hybridized carbons (Fsp3) is 0. The van der Waals surface area contributed by atoms with Gasteiger partial charge < -0.3 is 5.53 Å². The van der Waals surface area contributed by atoms with Crippen LogP contribution in [0.2, 0.25) is 0 Å². The van der Waals surface area contributed by atoms with Crippen LogP contribution in [0.5, 0.6) is 0 Å². The van der Waals surface area contributed by atoms with E-state index in [1.807, 2.05) is 0 Å². The van der Waals surface area contributed by atoms with Gasteiger partial charge in [-0.05, 0) is 0 Å². The van der Waals surface area contributed by atoms with E-state index in [-0.39, 0.29) is 19.5 Å². The minimum absolute atomic E-state index is 0. The van der Waals surface area contributed by atoms with Crippen LogP contribution in [0.15, 0.2) is 0 Å². The van der Waals surface area contributed by atoms with Crippen LogP contribution in [0.3, 0.4) is 0 Å². The smallest absolute Gasteiger partial charge is 0.245 e. The Hall–Kier alpha value is 0.00338. The SMILES string of the molecule is C=[N+]=[N-].[Zn]. The van der Waals surface area contributed by atoms with Gasteiger partial charge in [-0.2, -0.15) is 4.79 Å². The summed E-state index contributed by atoms with van der Waals surface area (Å²) in [4.78, 5) is 2.25. The van der Waals surface area contributed by atoms with Crippen LogP contribution >= 0.6 is 0 Å². The molecule has 0 aliphatic rings. The van der Waals surface area contributed by atoms with Crippen molar-refractivity contribution in [1.82, 2.24) is 0 Å². The molecule has 0 saturated heterocycles. The Labute approximate surface area is 37.2 Å². The summed E-state index contributed by atoms with van der Waals surface area (Å²) < 4.78 is 0. The summed E-state index contributed by atoms with van der Waals surface area (Å²) in [5.74, 6) is 0. The van der Waals surface area contributed by atoms with Gasteiger partial charge in [-0.1, -0.05) is 0 Å². The van der Waals surface area contributed by atoms with Crippen LogP contribution in [-0.4, -0.2) is 11.5 Å². The summed E-state index contributed by atoms with van der Waals surface area (Å²) in [7, 11) is 0. The van der Waals surface area contributed by atoms with Crippen molar-refractivity contribution in [3.05, 3.63) is 5.53 Å². The number of nitrogens with zero attached hydrogens (tertiary/aromatic N) is 2. The first-order valence-corrected chi connectivity index (χ1v) is 0.516. The zero-order valence-corrected chi connectivity index (χ0v) is 5.28. The fourth-order valence-electron chi connectivity index (χ4n) is 0. The molecule has 0 saturated carbocycles. The number of hydrogen-bond acceptors (Lipinski definition) is 0. The van der Waals surface area contributed by atoms with Crippen molar-refractivity contribution in [3.8, 4) is 0 Å². The zero-order valence-electron chi connectivity index (χ0n) is 2.31. The van der Waals surface area contributed by atoms with Crippen molar-refractivity contribution in [1.29, 1.82) is 0 Å². The van der Waals surface area contributed by atoms with Crippen LogP contribution in [0.25, 0.3) is 5.53 Å². The molecular formula is CH2N2Zn. The zero-order chi connectivity index (χ0) is 2.71. The van der Waals surface area contributed by atoms with Gasteiger partial charge in [0.05, 0.1) is 0 Å². The van der Waals surface area contributed by atoms with Gasteiger partial charge in [0.1, 0.15) is 0 Å². The van der Waals surface area contributed by atoms with Crippen LogP contribution < -0.4 is 0 Å². The maximum absolute atomic E-state index is 7.08. The van der Waals surface area contributed by atoms with Gasteiger partial charge in [-0.3, -0.25) is 0 Å². The normalized spacial score (nSPS) is 2.00. The van der Waals surface area contributed by atoms with E-state index in [0.29, 0.717) is 0 Å². The molecule has 4 heavy (non-hydrogen) atoms. The summed E-state index contributed by atoms with van der Waals surface area (Å²) in [5, 5.41) is 0. The first kappa shape index (κ1) is 9.00. The fourth-order valence-corrected chi connectivity index (χ4v) is 0. The summed E-state index contributed by atoms with van der Waals surface area (Å²) in [6.07, 6.45) is 0. The summed E-state index contributed by atoms with van der Waals surface area (Å²) in [6.45, 7) is 2.67. The summed E-state index contributed by atoms with van der Waals surface area (Å²) >= 11 is 0. The van der Waals surface area contributed by atoms with Crippen LogP contribution in [0.4, 0.5) is 0 Å². The van der Waals surface area contributed by atoms with Crippen LogP contribution in [0, 0.1) is 0 Å². The Balaban J connectivity index is 0. The molecule has 18 valence electrons. The largest absolute Gasteiger partial charge is 0.362 e. The van der Waals surface area contributed by atoms with E-state index in [1.165, 1.54) is 0 Å². The maximum Gasteiger partial charge on any atom is 0.245 e. The minimum atomic E-state index is 0. The van der Waals surface area contributed by atoms with Crippen molar-refractivity contribution < 1.29 is 24.3 Å². The first-order chi connectivity index (χ1) is 1.41. The topological polar surface area (TPSA) is 36.4 Å². The standard InChI is InChI=1S/CH2N2.Zn/c1-3-2;/h1H2;. The molecule has 0 atom stereocenters. The van der Waals surface area contributed by atoms with E-state index in [1.54, 1.807) is 0 Å². The van der Waals surface area contributed by atoms with Crippen molar-refractivity contribution in [2.45, 2.75) is 0 Å². The molecule has 0 radical (unpaired) electrons. The van der Waals surface area contributed by atoms with Gasteiger partial charge in [-0.15, -0.1) is 0 Å². The maximum atomic E-state index is 7.08. The van der Waals surface area contributed by atoms with E-state index < -0.39 is 0 Å². The molecule has 0 N–H and O–H groups in total. The molecule has 0 amide bonds. The van der Waals surface area contributed by atoms with Crippen molar-refractivity contribution >= 4 is 6.72 Å². The molecule has 0 aliphatic heterocycles. The van der Waals surface area contributed by atoms with Crippen molar-refractivity contribution in [2.24, 2.45) is 0 Å². The molecule has 0 unspecified atom stereocenters. The molecule has 0 bridgehead atoms. The van der Waals surface area contributed by atoms with Gasteiger partial charge in [-0.25, -0.2) is 0 Å². The molecular weight excluding hydrogens is 105 g/mol. The van der Waals surface area contributed by atoms with E-state index >= 15 is 0 Å². The van der Waals surface area contributed by atoms with Gasteiger partial charge >= 0.3 is 0 Å². The average molecular weight is 107 g/mol. The van der Waals surface area contributed by atoms with Gasteiger partial charge in [0.25, 0.3) is 0 Å². The Morgan fingerprint density at radius 1 is 1.75 bits per heavy atom. The van der Waals surface area contributed by atoms with Gasteiger partial charge in [0.15, 0.2) is 0 Å². The predicted octanol–water partition coefficient (Wildman–Crippen LogP) is -0.0857. The third-order valence-electron chi connectivity index (χ3n) is 0. The van der Waals surface area contributed by atoms with Gasteiger partial charge in [0, 0.05) is 19.5 Å². The molecule has 0 spiro atoms. The monoisotopic (exact) mass is 106 g/mol. The summed E-state index contributed by atoms with van der Waals surface area (Å²) in [5.41, 5.74) is 7.08. The molecule has 0 heterocycles. The second-order valence-corrected chi connectivity index (χ2v) is 0.141. The Morgan fingerprint density at radius 2 is 1.75 bits per heavy atom. The third kappa shape index (κ3) is 177000. The Kier molecular flexibility index (Phi) is 26.9. The molecule has 0 aromatic carbocycles. The molecule has 0 fully saturated rings. The van der Waals surface area contributed by atoms with E-state index in [4.69, 9.17) is 5.53 Å². The number of hydrogen-bond donors (Lipinski definition) is 0. The van der Waals surface area contributed by atoms with Crippen LogP contribution in [-0.2, 0) is 19.5 Å². The third-order valence-corrected chi connectivity index (χ3v) is 0. The Bertz CT molecular complexity index is 27.0. The average Bonchev–Trinajstić information content (AvgIpc) is 0.918. The first-order valence-electron chi connectivity index (χ1n) is 0.516. The number of rotatable bonds is 0. The molecule has 2 nitrogen and oxygen atoms in total.